The molecule has 1 aromatic carbocycles. The number of carbonyl (C=O) groups excluding carboxylic acids is 2. The molecule has 0 saturated carbocycles. The number of Topliss-reactive ketones (excluding diaryl/α,β-unsaturated/α-hetero) is 2. The predicted octanol–water partition coefficient (Wildman–Crippen LogP) is 8.28. The zero-order valence-electron chi connectivity index (χ0n) is 19.0. The van der Waals surface area contributed by atoms with Gasteiger partial charge in [-0.2, -0.15) is 0 Å². The van der Waals surface area contributed by atoms with Crippen molar-refractivity contribution in [3.8, 4) is 0 Å². The summed E-state index contributed by atoms with van der Waals surface area (Å²) in [5.74, 6) is -0.0790. The molecule has 0 fully saturated rings. The van der Waals surface area contributed by atoms with Gasteiger partial charge in [-0.15, -0.1) is 6.58 Å². The van der Waals surface area contributed by atoms with Crippen LogP contribution in [-0.4, -0.2) is 11.6 Å². The van der Waals surface area contributed by atoms with Gasteiger partial charge in [0.05, 0.1) is 0 Å². The van der Waals surface area contributed by atoms with Crippen LogP contribution in [0.5, 0.6) is 0 Å². The molecule has 0 amide bonds. The van der Waals surface area contributed by atoms with Gasteiger partial charge in [0.15, 0.2) is 11.6 Å². The molecular weight excluding hydrogens is 368 g/mol. The van der Waals surface area contributed by atoms with Crippen molar-refractivity contribution in [3.05, 3.63) is 60.2 Å². The molecule has 1 aromatic rings. The summed E-state index contributed by atoms with van der Waals surface area (Å²) in [6.45, 7) is 6.06. The lowest BCUT2D eigenvalue weighted by Gasteiger charge is -2.22. The van der Waals surface area contributed by atoms with Crippen molar-refractivity contribution in [1.82, 2.24) is 0 Å². The van der Waals surface area contributed by atoms with Gasteiger partial charge in [-0.25, -0.2) is 0 Å². The van der Waals surface area contributed by atoms with E-state index in [0.29, 0.717) is 24.0 Å². The molecule has 0 aliphatic heterocycles. The van der Waals surface area contributed by atoms with Crippen molar-refractivity contribution in [1.29, 1.82) is 0 Å². The normalized spacial score (nSPS) is 15.1. The zero-order valence-corrected chi connectivity index (χ0v) is 19.0. The quantitative estimate of drug-likeness (QED) is 0.157. The monoisotopic (exact) mass is 408 g/mol. The van der Waals surface area contributed by atoms with E-state index in [2.05, 4.69) is 19.6 Å². The first-order valence-electron chi connectivity index (χ1n) is 12.1. The van der Waals surface area contributed by atoms with Crippen molar-refractivity contribution in [2.75, 3.05) is 0 Å². The molecule has 1 aliphatic rings. The van der Waals surface area contributed by atoms with Gasteiger partial charge >= 0.3 is 0 Å². The molecular formula is C28H40O2. The summed E-state index contributed by atoms with van der Waals surface area (Å²) in [5.41, 5.74) is 0.172. The van der Waals surface area contributed by atoms with E-state index in [0.717, 1.165) is 6.42 Å². The fraction of sp³-hybridized carbons (Fsp3) is 0.571. The average Bonchev–Trinajstić information content (AvgIpc) is 2.97. The molecule has 0 radical (unpaired) electrons. The maximum atomic E-state index is 13.0. The third-order valence-corrected chi connectivity index (χ3v) is 6.39. The third kappa shape index (κ3) is 6.52. The van der Waals surface area contributed by atoms with Crippen molar-refractivity contribution >= 4 is 11.6 Å². The minimum atomic E-state index is -0.973. The molecule has 30 heavy (non-hydrogen) atoms. The molecule has 0 heterocycles. The third-order valence-electron chi connectivity index (χ3n) is 6.39. The molecule has 0 N–H and O–H groups in total. The van der Waals surface area contributed by atoms with E-state index < -0.39 is 5.41 Å². The van der Waals surface area contributed by atoms with Crippen molar-refractivity contribution in [2.24, 2.45) is 5.41 Å². The predicted molar refractivity (Wildman–Crippen MR) is 127 cm³/mol. The Hall–Kier alpha value is -1.96. The number of benzene rings is 1. The van der Waals surface area contributed by atoms with Gasteiger partial charge < -0.3 is 0 Å². The standard InChI is InChI=1S/C28H40O2/c1-3-5-6-7-8-9-10-11-12-13-14-15-16-19-23-28(22-4-2)26(29)24-20-17-18-21-25(24)27(28)30/h4,16-21H,2-3,5-15,22-23H2,1H3. The summed E-state index contributed by atoms with van der Waals surface area (Å²) in [4.78, 5) is 26.0. The number of ketones is 2. The Balaban J connectivity index is 1.65. The van der Waals surface area contributed by atoms with Crippen molar-refractivity contribution in [3.63, 3.8) is 0 Å². The minimum Gasteiger partial charge on any atom is -0.293 e. The van der Waals surface area contributed by atoms with E-state index in [1.165, 1.54) is 70.6 Å². The Morgan fingerprint density at radius 1 is 0.733 bits per heavy atom. The van der Waals surface area contributed by atoms with Gasteiger partial charge in [0.2, 0.25) is 0 Å². The first kappa shape index (κ1) is 24.3. The van der Waals surface area contributed by atoms with Crippen LogP contribution in [0.15, 0.2) is 49.1 Å². The molecule has 164 valence electrons. The van der Waals surface area contributed by atoms with Crippen LogP contribution in [0.25, 0.3) is 0 Å². The van der Waals surface area contributed by atoms with Gasteiger partial charge in [-0.1, -0.05) is 114 Å². The molecule has 0 spiro atoms. The van der Waals surface area contributed by atoms with Crippen LogP contribution in [0.4, 0.5) is 0 Å². The number of hydrogen-bond acceptors (Lipinski definition) is 2. The highest BCUT2D eigenvalue weighted by molar-refractivity contribution is 6.29. The lowest BCUT2D eigenvalue weighted by Crippen LogP contribution is -2.32. The lowest BCUT2D eigenvalue weighted by molar-refractivity contribution is 0.0703. The van der Waals surface area contributed by atoms with Crippen LogP contribution in [0.3, 0.4) is 0 Å². The van der Waals surface area contributed by atoms with Gasteiger partial charge in [-0.3, -0.25) is 9.59 Å². The first-order chi connectivity index (χ1) is 14.7. The first-order valence-corrected chi connectivity index (χ1v) is 12.1. The Morgan fingerprint density at radius 2 is 1.23 bits per heavy atom. The summed E-state index contributed by atoms with van der Waals surface area (Å²) >= 11 is 0. The molecule has 0 aromatic heterocycles. The number of hydrogen-bond donors (Lipinski definition) is 0. The van der Waals surface area contributed by atoms with Gasteiger partial charge in [0, 0.05) is 11.1 Å². The molecule has 0 saturated heterocycles. The molecule has 2 heteroatoms. The Bertz CT molecular complexity index is 678. The minimum absolute atomic E-state index is 0.0395. The van der Waals surface area contributed by atoms with Crippen LogP contribution < -0.4 is 0 Å². The summed E-state index contributed by atoms with van der Waals surface area (Å²) in [7, 11) is 0. The van der Waals surface area contributed by atoms with Crippen LogP contribution in [0.1, 0.15) is 118 Å². The number of unbranched alkanes of at least 4 members (excludes halogenated alkanes) is 11. The number of fused-ring (bicyclic) bond motifs is 1. The van der Waals surface area contributed by atoms with Crippen molar-refractivity contribution < 1.29 is 9.59 Å². The fourth-order valence-electron chi connectivity index (χ4n) is 4.53. The lowest BCUT2D eigenvalue weighted by atomic mass is 9.76. The number of rotatable bonds is 16. The second-order valence-electron chi connectivity index (χ2n) is 8.78. The fourth-order valence-corrected chi connectivity index (χ4v) is 4.53. The van der Waals surface area contributed by atoms with Gasteiger partial charge in [-0.05, 0) is 25.7 Å². The second kappa shape index (κ2) is 13.4. The topological polar surface area (TPSA) is 34.1 Å². The van der Waals surface area contributed by atoms with Crippen LogP contribution in [-0.2, 0) is 0 Å². The number of carbonyl (C=O) groups is 2. The van der Waals surface area contributed by atoms with E-state index in [4.69, 9.17) is 0 Å². The van der Waals surface area contributed by atoms with Gasteiger partial charge in [0.25, 0.3) is 0 Å². The largest absolute Gasteiger partial charge is 0.293 e. The summed E-state index contributed by atoms with van der Waals surface area (Å²) in [5, 5.41) is 0. The van der Waals surface area contributed by atoms with E-state index in [1.54, 1.807) is 18.2 Å². The average molecular weight is 409 g/mol. The second-order valence-corrected chi connectivity index (χ2v) is 8.78. The molecule has 2 nitrogen and oxygen atoms in total. The summed E-state index contributed by atoms with van der Waals surface area (Å²) < 4.78 is 0. The Morgan fingerprint density at radius 3 is 1.73 bits per heavy atom. The molecule has 1 aliphatic carbocycles. The Labute approximate surface area is 183 Å². The number of allylic oxidation sites excluding steroid dienone is 3. The SMILES string of the molecule is C=CCC1(CC=CCCCCCCCCCCCCC)C(=O)c2ccccc2C1=O. The maximum absolute atomic E-state index is 13.0. The Kier molecular flexibility index (Phi) is 10.8. The van der Waals surface area contributed by atoms with Crippen LogP contribution >= 0.6 is 0 Å². The van der Waals surface area contributed by atoms with Gasteiger partial charge in [0.1, 0.15) is 5.41 Å². The molecule has 0 atom stereocenters. The highest BCUT2D eigenvalue weighted by atomic mass is 16.2. The summed E-state index contributed by atoms with van der Waals surface area (Å²) in [6, 6.07) is 7.21. The van der Waals surface area contributed by atoms with E-state index in [9.17, 15) is 9.59 Å². The molecule has 0 bridgehead atoms. The zero-order chi connectivity index (χ0) is 21.7. The van der Waals surface area contributed by atoms with Crippen molar-refractivity contribution in [2.45, 2.75) is 96.8 Å². The molecule has 0 unspecified atom stereocenters. The highest BCUT2D eigenvalue weighted by Gasteiger charge is 2.50. The van der Waals surface area contributed by atoms with Crippen LogP contribution in [0.2, 0.25) is 0 Å². The summed E-state index contributed by atoms with van der Waals surface area (Å²) in [6.07, 6.45) is 22.6. The molecule has 2 rings (SSSR count). The van der Waals surface area contributed by atoms with Crippen LogP contribution in [0, 0.1) is 5.41 Å². The van der Waals surface area contributed by atoms with E-state index in [-0.39, 0.29) is 11.6 Å². The maximum Gasteiger partial charge on any atom is 0.178 e. The smallest absolute Gasteiger partial charge is 0.178 e. The highest BCUT2D eigenvalue weighted by Crippen LogP contribution is 2.42. The van der Waals surface area contributed by atoms with E-state index >= 15 is 0 Å². The van der Waals surface area contributed by atoms with E-state index in [1.807, 2.05) is 18.2 Å².